The topological polar surface area (TPSA) is 75.3 Å². The number of carbonyl (C=O) groups excluding carboxylic acids is 1. The molecule has 0 aliphatic heterocycles. The van der Waals surface area contributed by atoms with E-state index in [0.717, 1.165) is 24.0 Å². The summed E-state index contributed by atoms with van der Waals surface area (Å²) in [6, 6.07) is 18.1. The smallest absolute Gasteiger partial charge is 0.261 e. The molecule has 4 rings (SSSR count). The predicted octanol–water partition coefficient (Wildman–Crippen LogP) is 5.47. The van der Waals surface area contributed by atoms with E-state index in [1.54, 1.807) is 49.4 Å². The highest BCUT2D eigenvalue weighted by Gasteiger charge is 2.20. The number of carbonyl (C=O) groups is 1. The fourth-order valence-corrected chi connectivity index (χ4v) is 5.42. The minimum Gasteiger partial charge on any atom is -0.346 e. The third-order valence-corrected chi connectivity index (χ3v) is 7.76. The van der Waals surface area contributed by atoms with Crippen LogP contribution in [0.25, 0.3) is 0 Å². The predicted molar refractivity (Wildman–Crippen MR) is 132 cm³/mol. The molecule has 0 radical (unpaired) electrons. The highest BCUT2D eigenvalue weighted by Crippen LogP contribution is 2.26. The van der Waals surface area contributed by atoms with Crippen LogP contribution in [-0.2, 0) is 22.9 Å². The quantitative estimate of drug-likeness (QED) is 0.510. The second-order valence-electron chi connectivity index (χ2n) is 8.83. The molecule has 0 heterocycles. The van der Waals surface area contributed by atoms with Crippen molar-refractivity contribution in [1.82, 2.24) is 5.32 Å². The van der Waals surface area contributed by atoms with E-state index in [-0.39, 0.29) is 16.8 Å². The van der Waals surface area contributed by atoms with Crippen LogP contribution in [0.4, 0.5) is 5.69 Å². The maximum Gasteiger partial charge on any atom is 0.261 e. The van der Waals surface area contributed by atoms with Crippen LogP contribution in [0.3, 0.4) is 0 Å². The van der Waals surface area contributed by atoms with E-state index < -0.39 is 10.0 Å². The Balaban J connectivity index is 1.52. The molecule has 172 valence electrons. The van der Waals surface area contributed by atoms with Crippen molar-refractivity contribution >= 4 is 21.6 Å². The lowest BCUT2D eigenvalue weighted by Crippen LogP contribution is -2.28. The van der Waals surface area contributed by atoms with Gasteiger partial charge >= 0.3 is 0 Å². The molecule has 1 atom stereocenters. The molecule has 5 nitrogen and oxygen atoms in total. The van der Waals surface area contributed by atoms with Gasteiger partial charge in [0.15, 0.2) is 0 Å². The molecule has 0 aromatic heterocycles. The Morgan fingerprint density at radius 2 is 1.61 bits per heavy atom. The molecule has 1 amide bonds. The molecule has 0 fully saturated rings. The third-order valence-electron chi connectivity index (χ3n) is 6.37. The van der Waals surface area contributed by atoms with Crippen molar-refractivity contribution < 1.29 is 13.2 Å². The number of hydrogen-bond acceptors (Lipinski definition) is 3. The maximum absolute atomic E-state index is 13.1. The Labute approximate surface area is 196 Å². The first-order chi connectivity index (χ1) is 15.7. The lowest BCUT2D eigenvalue weighted by atomic mass is 9.89. The summed E-state index contributed by atoms with van der Waals surface area (Å²) in [7, 11) is -3.75. The minimum atomic E-state index is -3.75. The maximum atomic E-state index is 13.1. The van der Waals surface area contributed by atoms with Crippen molar-refractivity contribution in [3.8, 4) is 0 Å². The van der Waals surface area contributed by atoms with Gasteiger partial charge in [-0.15, -0.1) is 0 Å². The highest BCUT2D eigenvalue weighted by molar-refractivity contribution is 7.92. The summed E-state index contributed by atoms with van der Waals surface area (Å²) < 4.78 is 28.3. The van der Waals surface area contributed by atoms with Gasteiger partial charge in [0.2, 0.25) is 0 Å². The molecule has 0 saturated heterocycles. The third kappa shape index (κ3) is 5.11. The van der Waals surface area contributed by atoms with Gasteiger partial charge in [0.1, 0.15) is 0 Å². The lowest BCUT2D eigenvalue weighted by Gasteiger charge is -2.21. The van der Waals surface area contributed by atoms with Gasteiger partial charge in [-0.25, -0.2) is 8.42 Å². The number of anilines is 1. The fraction of sp³-hybridized carbons (Fsp3) is 0.296. The first-order valence-corrected chi connectivity index (χ1v) is 12.8. The zero-order valence-electron chi connectivity index (χ0n) is 19.3. The van der Waals surface area contributed by atoms with Gasteiger partial charge in [-0.3, -0.25) is 9.52 Å². The number of aryl methyl sites for hydroxylation is 3. The molecule has 0 saturated carbocycles. The lowest BCUT2D eigenvalue weighted by molar-refractivity contribution is 0.0939. The highest BCUT2D eigenvalue weighted by atomic mass is 32.2. The van der Waals surface area contributed by atoms with Crippen LogP contribution in [-0.4, -0.2) is 14.3 Å². The molecule has 33 heavy (non-hydrogen) atoms. The number of fused-ring (bicyclic) bond motifs is 1. The number of amides is 1. The van der Waals surface area contributed by atoms with E-state index in [4.69, 9.17) is 0 Å². The molecule has 1 aliphatic carbocycles. The van der Waals surface area contributed by atoms with Crippen molar-refractivity contribution in [2.45, 2.75) is 57.4 Å². The Kier molecular flexibility index (Phi) is 6.56. The molecule has 0 bridgehead atoms. The number of hydrogen-bond donors (Lipinski definition) is 2. The SMILES string of the molecule is Cc1ccc(S(=O)(=O)Nc2cccc(C(=O)N[C@H](C)c3ccc4c(c3)CCCC4)c2C)cc1. The van der Waals surface area contributed by atoms with Gasteiger partial charge in [0, 0.05) is 5.56 Å². The molecule has 2 N–H and O–H groups in total. The first-order valence-electron chi connectivity index (χ1n) is 11.4. The summed E-state index contributed by atoms with van der Waals surface area (Å²) in [5.41, 5.74) is 6.28. The average Bonchev–Trinajstić information content (AvgIpc) is 2.80. The van der Waals surface area contributed by atoms with Crippen molar-refractivity contribution in [2.75, 3.05) is 4.72 Å². The monoisotopic (exact) mass is 462 g/mol. The second-order valence-corrected chi connectivity index (χ2v) is 10.5. The Morgan fingerprint density at radius 1 is 0.909 bits per heavy atom. The van der Waals surface area contributed by atoms with Gasteiger partial charge in [0.25, 0.3) is 15.9 Å². The molecule has 0 spiro atoms. The van der Waals surface area contributed by atoms with Gasteiger partial charge < -0.3 is 5.32 Å². The summed E-state index contributed by atoms with van der Waals surface area (Å²) in [6.45, 7) is 5.63. The summed E-state index contributed by atoms with van der Waals surface area (Å²) in [5.74, 6) is -0.228. The van der Waals surface area contributed by atoms with Crippen LogP contribution in [0, 0.1) is 13.8 Å². The Bertz CT molecular complexity index is 1280. The van der Waals surface area contributed by atoms with E-state index in [1.165, 1.54) is 24.0 Å². The van der Waals surface area contributed by atoms with E-state index in [2.05, 4.69) is 28.2 Å². The van der Waals surface area contributed by atoms with Crippen LogP contribution >= 0.6 is 0 Å². The standard InChI is InChI=1S/C27H30N2O3S/c1-18-11-15-24(16-12-18)33(31,32)29-26-10-6-9-25(19(26)2)27(30)28-20(3)22-14-13-21-7-4-5-8-23(21)17-22/h6,9-17,20,29H,4-5,7-8H2,1-3H3,(H,28,30)/t20-/m1/s1. The van der Waals surface area contributed by atoms with Crippen molar-refractivity contribution in [2.24, 2.45) is 0 Å². The summed E-state index contributed by atoms with van der Waals surface area (Å²) in [6.07, 6.45) is 4.66. The van der Waals surface area contributed by atoms with Gasteiger partial charge in [0.05, 0.1) is 16.6 Å². The van der Waals surface area contributed by atoms with E-state index in [9.17, 15) is 13.2 Å². The number of sulfonamides is 1. The molecule has 3 aromatic rings. The van der Waals surface area contributed by atoms with E-state index in [0.29, 0.717) is 16.8 Å². The molecule has 0 unspecified atom stereocenters. The first kappa shape index (κ1) is 23.1. The second kappa shape index (κ2) is 9.40. The van der Waals surface area contributed by atoms with Crippen LogP contribution in [0.15, 0.2) is 65.6 Å². The average molecular weight is 463 g/mol. The zero-order chi connectivity index (χ0) is 23.6. The van der Waals surface area contributed by atoms with E-state index >= 15 is 0 Å². The summed E-state index contributed by atoms with van der Waals surface area (Å²) in [4.78, 5) is 13.3. The molecule has 1 aliphatic rings. The largest absolute Gasteiger partial charge is 0.346 e. The molecule has 6 heteroatoms. The zero-order valence-corrected chi connectivity index (χ0v) is 20.1. The van der Waals surface area contributed by atoms with Gasteiger partial charge in [-0.1, -0.05) is 42.0 Å². The number of rotatable bonds is 6. The van der Waals surface area contributed by atoms with E-state index in [1.807, 2.05) is 13.8 Å². The van der Waals surface area contributed by atoms with Crippen molar-refractivity contribution in [1.29, 1.82) is 0 Å². The normalized spacial score (nSPS) is 14.3. The molecule has 3 aromatic carbocycles. The summed E-state index contributed by atoms with van der Waals surface area (Å²) >= 11 is 0. The molecular weight excluding hydrogens is 432 g/mol. The van der Waals surface area contributed by atoms with Crippen LogP contribution in [0.2, 0.25) is 0 Å². The van der Waals surface area contributed by atoms with Gasteiger partial charge in [-0.05, 0) is 93.0 Å². The Morgan fingerprint density at radius 3 is 2.33 bits per heavy atom. The van der Waals surface area contributed by atoms with Crippen molar-refractivity contribution in [3.63, 3.8) is 0 Å². The fourth-order valence-electron chi connectivity index (χ4n) is 4.29. The van der Waals surface area contributed by atoms with Crippen LogP contribution in [0.1, 0.15) is 64.0 Å². The number of nitrogens with one attached hydrogen (secondary N) is 2. The van der Waals surface area contributed by atoms with Crippen molar-refractivity contribution in [3.05, 3.63) is 94.0 Å². The van der Waals surface area contributed by atoms with Crippen LogP contribution < -0.4 is 10.0 Å². The number of benzene rings is 3. The van der Waals surface area contributed by atoms with Crippen LogP contribution in [0.5, 0.6) is 0 Å². The summed E-state index contributed by atoms with van der Waals surface area (Å²) in [5, 5.41) is 3.07. The Hall–Kier alpha value is -3.12. The minimum absolute atomic E-state index is 0.156. The van der Waals surface area contributed by atoms with Gasteiger partial charge in [-0.2, -0.15) is 0 Å². The molecular formula is C27H30N2O3S.